The molecule has 2 aliphatic rings. The third kappa shape index (κ3) is 7.06. The van der Waals surface area contributed by atoms with Crippen molar-refractivity contribution in [2.75, 3.05) is 10.2 Å². The molecule has 0 bridgehead atoms. The fraction of sp³-hybridized carbons (Fsp3) is 0.123. The molecule has 0 aliphatic heterocycles. The number of nitrogens with one attached hydrogen (secondary N) is 1. The molecule has 59 heavy (non-hydrogen) atoms. The first-order chi connectivity index (χ1) is 28.8. The highest BCUT2D eigenvalue weighted by atomic mass is 15.2. The van der Waals surface area contributed by atoms with Crippen LogP contribution in [0.1, 0.15) is 72.6 Å². The Morgan fingerprint density at radius 1 is 0.729 bits per heavy atom. The van der Waals surface area contributed by atoms with Crippen molar-refractivity contribution in [2.24, 2.45) is 0 Å². The topological polar surface area (TPSA) is 15.3 Å². The molecule has 0 aromatic heterocycles. The molecule has 1 N–H and O–H groups in total. The van der Waals surface area contributed by atoms with Crippen LogP contribution in [-0.4, -0.2) is 0 Å². The Morgan fingerprint density at radius 2 is 1.37 bits per heavy atom. The van der Waals surface area contributed by atoms with Crippen molar-refractivity contribution >= 4 is 29.2 Å². The summed E-state index contributed by atoms with van der Waals surface area (Å²) in [6, 6.07) is 40.2. The molecule has 0 spiro atoms. The second-order valence-corrected chi connectivity index (χ2v) is 15.2. The van der Waals surface area contributed by atoms with Crippen LogP contribution in [0.3, 0.4) is 0 Å². The second kappa shape index (κ2) is 17.3. The molecule has 0 radical (unpaired) electrons. The summed E-state index contributed by atoms with van der Waals surface area (Å²) in [5.41, 5.74) is 19.8. The molecule has 5 aromatic carbocycles. The first kappa shape index (κ1) is 40.3. The van der Waals surface area contributed by atoms with Gasteiger partial charge in [0.25, 0.3) is 0 Å². The van der Waals surface area contributed by atoms with E-state index in [1.807, 2.05) is 30.4 Å². The van der Waals surface area contributed by atoms with Gasteiger partial charge >= 0.3 is 0 Å². The molecule has 7 rings (SSSR count). The molecule has 0 saturated heterocycles. The van der Waals surface area contributed by atoms with E-state index in [1.54, 1.807) is 6.08 Å². The van der Waals surface area contributed by atoms with Gasteiger partial charge in [0.2, 0.25) is 0 Å². The average Bonchev–Trinajstić information content (AvgIpc) is 3.56. The summed E-state index contributed by atoms with van der Waals surface area (Å²) in [5, 5.41) is 3.68. The fourth-order valence-corrected chi connectivity index (χ4v) is 9.11. The van der Waals surface area contributed by atoms with Crippen molar-refractivity contribution in [1.82, 2.24) is 0 Å². The van der Waals surface area contributed by atoms with Crippen molar-refractivity contribution in [3.05, 3.63) is 257 Å². The van der Waals surface area contributed by atoms with E-state index in [0.717, 1.165) is 52.3 Å². The van der Waals surface area contributed by atoms with E-state index in [9.17, 15) is 0 Å². The predicted octanol–water partition coefficient (Wildman–Crippen LogP) is 15.5. The van der Waals surface area contributed by atoms with Gasteiger partial charge in [-0.3, -0.25) is 0 Å². The zero-order valence-electron chi connectivity index (χ0n) is 35.0. The Labute approximate surface area is 352 Å². The van der Waals surface area contributed by atoms with Gasteiger partial charge in [0.1, 0.15) is 0 Å². The third-order valence-corrected chi connectivity index (χ3v) is 11.9. The van der Waals surface area contributed by atoms with E-state index < -0.39 is 5.41 Å². The van der Waals surface area contributed by atoms with Crippen molar-refractivity contribution in [2.45, 2.75) is 46.0 Å². The molecule has 292 valence electrons. The number of benzene rings is 5. The largest absolute Gasteiger partial charge is 0.355 e. The van der Waals surface area contributed by atoms with Crippen LogP contribution in [0.15, 0.2) is 218 Å². The van der Waals surface area contributed by atoms with Crippen molar-refractivity contribution in [3.63, 3.8) is 0 Å². The minimum Gasteiger partial charge on any atom is -0.355 e. The fourth-order valence-electron chi connectivity index (χ4n) is 9.11. The molecule has 0 fully saturated rings. The summed E-state index contributed by atoms with van der Waals surface area (Å²) < 4.78 is 0. The minimum absolute atomic E-state index is 0.688. The van der Waals surface area contributed by atoms with E-state index in [2.05, 4.69) is 198 Å². The number of nitrogens with zero attached hydrogens (tertiary/aromatic N) is 1. The summed E-state index contributed by atoms with van der Waals surface area (Å²) in [6.45, 7) is 29.6. The van der Waals surface area contributed by atoms with Crippen LogP contribution in [-0.2, 0) is 5.41 Å². The molecular formula is C57H54N2. The number of aryl methyl sites for hydroxylation is 1. The highest BCUT2D eigenvalue weighted by Gasteiger charge is 2.48. The van der Waals surface area contributed by atoms with E-state index >= 15 is 0 Å². The summed E-state index contributed by atoms with van der Waals surface area (Å²) in [6.07, 6.45) is 20.1. The summed E-state index contributed by atoms with van der Waals surface area (Å²) in [5.74, 6) is 0. The first-order valence-corrected chi connectivity index (χ1v) is 20.4. The van der Waals surface area contributed by atoms with Crippen molar-refractivity contribution < 1.29 is 0 Å². The van der Waals surface area contributed by atoms with E-state index in [-0.39, 0.29) is 0 Å². The number of fused-ring (bicyclic) bond motifs is 3. The maximum Gasteiger partial charge on any atom is 0.0715 e. The van der Waals surface area contributed by atoms with Crippen LogP contribution in [0.4, 0.5) is 17.1 Å². The molecule has 0 atom stereocenters. The molecule has 0 unspecified atom stereocenters. The lowest BCUT2D eigenvalue weighted by atomic mass is 9.67. The van der Waals surface area contributed by atoms with E-state index in [1.165, 1.54) is 61.4 Å². The lowest BCUT2D eigenvalue weighted by molar-refractivity contribution is 0.768. The Hall–Kier alpha value is -6.90. The van der Waals surface area contributed by atoms with Crippen LogP contribution in [0, 0.1) is 6.92 Å². The Balaban J connectivity index is 1.59. The third-order valence-electron chi connectivity index (χ3n) is 11.9. The van der Waals surface area contributed by atoms with Gasteiger partial charge in [0.05, 0.1) is 5.41 Å². The number of anilines is 3. The van der Waals surface area contributed by atoms with Gasteiger partial charge in [0.15, 0.2) is 0 Å². The molecule has 2 aliphatic carbocycles. The van der Waals surface area contributed by atoms with Gasteiger partial charge in [0, 0.05) is 34.0 Å². The minimum atomic E-state index is -0.688. The number of hydrogen-bond acceptors (Lipinski definition) is 2. The maximum absolute atomic E-state index is 4.41. The lowest BCUT2D eigenvalue weighted by Gasteiger charge is -2.36. The first-order valence-electron chi connectivity index (χ1n) is 20.4. The van der Waals surface area contributed by atoms with Crippen LogP contribution >= 0.6 is 0 Å². The van der Waals surface area contributed by atoms with E-state index in [4.69, 9.17) is 0 Å². The monoisotopic (exact) mass is 766 g/mol. The Kier molecular flexibility index (Phi) is 11.8. The maximum atomic E-state index is 4.41. The molecular weight excluding hydrogens is 713 g/mol. The zero-order valence-corrected chi connectivity index (χ0v) is 35.0. The molecule has 5 aromatic rings. The van der Waals surface area contributed by atoms with Crippen LogP contribution in [0.2, 0.25) is 0 Å². The molecule has 0 heterocycles. The van der Waals surface area contributed by atoms with Gasteiger partial charge in [-0.25, -0.2) is 0 Å². The number of allylic oxidation sites excluding steroid dienone is 11. The predicted molar refractivity (Wildman–Crippen MR) is 257 cm³/mol. The summed E-state index contributed by atoms with van der Waals surface area (Å²) in [7, 11) is 0. The Morgan fingerprint density at radius 3 is 1.95 bits per heavy atom. The normalized spacial score (nSPS) is 14.8. The molecule has 0 saturated carbocycles. The lowest BCUT2D eigenvalue weighted by Crippen LogP contribution is -2.29. The van der Waals surface area contributed by atoms with Gasteiger partial charge in [-0.05, 0) is 144 Å². The van der Waals surface area contributed by atoms with Gasteiger partial charge in [-0.15, -0.1) is 0 Å². The highest BCUT2D eigenvalue weighted by Crippen LogP contribution is 2.59. The Bertz CT molecular complexity index is 2580. The SMILES string of the molecule is C=C/C=C(\C=C)Nc1cc2c(c(C=C)c1C=C)-c1ccc(N(C3=CCCC(C(/C=C\C)=C(\C)C=C)=C3C)c3ccc(C)cc3)cc1C2(c1ccccc1)c1ccccc1. The van der Waals surface area contributed by atoms with Gasteiger partial charge in [-0.2, -0.15) is 0 Å². The zero-order chi connectivity index (χ0) is 41.7. The smallest absolute Gasteiger partial charge is 0.0715 e. The second-order valence-electron chi connectivity index (χ2n) is 15.2. The molecule has 2 nitrogen and oxygen atoms in total. The summed E-state index contributed by atoms with van der Waals surface area (Å²) >= 11 is 0. The van der Waals surface area contributed by atoms with E-state index in [0.29, 0.717) is 0 Å². The number of rotatable bonds is 14. The highest BCUT2D eigenvalue weighted by molar-refractivity contribution is 5.97. The average molecular weight is 767 g/mol. The van der Waals surface area contributed by atoms with Gasteiger partial charge in [-0.1, -0.05) is 160 Å². The van der Waals surface area contributed by atoms with Crippen molar-refractivity contribution in [3.8, 4) is 11.1 Å². The quantitative estimate of drug-likeness (QED) is 0.111. The molecule has 2 heteroatoms. The van der Waals surface area contributed by atoms with Crippen LogP contribution < -0.4 is 10.2 Å². The van der Waals surface area contributed by atoms with Gasteiger partial charge < -0.3 is 10.2 Å². The standard InChI is InChI=1S/C57H54N2/c1-10-23-44(13-4)58-54-38-53-56(48(15-6)47(54)14-5)51-36-35-46(37-52(51)57(53,42-25-18-16-19-26-42)43-27-20-17-21-28-43)59(45-33-31-39(7)32-34-45)55-30-22-29-50(41(55)9)49(24-11-2)40(8)12-3/h10-21,23-28,30-38,58H,1,3-6,22,29H2,2,7-9H3/b24-11-,44-23+,49-40+. The number of hydrogen-bond donors (Lipinski definition) is 1. The van der Waals surface area contributed by atoms with Crippen molar-refractivity contribution in [1.29, 1.82) is 0 Å². The van der Waals surface area contributed by atoms with Crippen LogP contribution in [0.5, 0.6) is 0 Å². The summed E-state index contributed by atoms with van der Waals surface area (Å²) in [4.78, 5) is 2.46. The van der Waals surface area contributed by atoms with Crippen LogP contribution in [0.25, 0.3) is 23.3 Å². The molecule has 0 amide bonds.